The van der Waals surface area contributed by atoms with Gasteiger partial charge in [-0.3, -0.25) is 4.98 Å². The highest BCUT2D eigenvalue weighted by molar-refractivity contribution is 5.78. The average Bonchev–Trinajstić information content (AvgIpc) is 3.22. The van der Waals surface area contributed by atoms with Gasteiger partial charge in [-0.1, -0.05) is 0 Å². The molecular weight excluding hydrogens is 403 g/mol. The maximum Gasteiger partial charge on any atom is 0.434 e. The van der Waals surface area contributed by atoms with E-state index in [9.17, 15) is 22.8 Å². The summed E-state index contributed by atoms with van der Waals surface area (Å²) < 4.78 is 42.8. The number of halogens is 3. The Kier molecular flexibility index (Phi) is 4.17. The van der Waals surface area contributed by atoms with Crippen LogP contribution in [0.3, 0.4) is 0 Å². The molecule has 1 aromatic heterocycles. The van der Waals surface area contributed by atoms with Gasteiger partial charge in [-0.25, -0.2) is 14.6 Å². The maximum absolute atomic E-state index is 12.6. The van der Waals surface area contributed by atoms with Crippen LogP contribution in [0.1, 0.15) is 30.7 Å². The number of likely N-dealkylation sites (tertiary alicyclic amines) is 2. The SMILES string of the molecule is O=C1NC2(CO1)CN(C(=O)N1CC3(CC[C@H](Cc4cnc(C(F)(F)F)cn4)C3)C1)C2. The third-order valence-corrected chi connectivity index (χ3v) is 6.73. The summed E-state index contributed by atoms with van der Waals surface area (Å²) in [5, 5.41) is 2.77. The Morgan fingerprint density at radius 3 is 2.53 bits per heavy atom. The van der Waals surface area contributed by atoms with Gasteiger partial charge in [0.05, 0.1) is 25.0 Å². The van der Waals surface area contributed by atoms with Gasteiger partial charge in [0.15, 0.2) is 5.69 Å². The Balaban J connectivity index is 1.10. The number of ether oxygens (including phenoxy) is 1. The molecule has 0 aromatic carbocycles. The lowest BCUT2D eigenvalue weighted by atomic mass is 9.77. The van der Waals surface area contributed by atoms with Crippen LogP contribution in [0.4, 0.5) is 22.8 Å². The fraction of sp³-hybridized carbons (Fsp3) is 0.684. The molecule has 3 amide bonds. The lowest BCUT2D eigenvalue weighted by Gasteiger charge is -2.53. The lowest BCUT2D eigenvalue weighted by Crippen LogP contribution is -2.73. The van der Waals surface area contributed by atoms with Crippen molar-refractivity contribution in [3.8, 4) is 0 Å². The molecule has 4 aliphatic rings. The standard InChI is InChI=1S/C19H22F3N5O3/c20-19(21,22)14-6-23-13(5-24-14)3-12-1-2-17(4-12)7-26(8-17)16(29)27-9-18(10-27)11-30-15(28)25-18/h5-6,12H,1-4,7-11H2,(H,25,28)/t12-/m1/s1. The van der Waals surface area contributed by atoms with Gasteiger partial charge in [0.1, 0.15) is 12.1 Å². The molecule has 4 fully saturated rings. The summed E-state index contributed by atoms with van der Waals surface area (Å²) >= 11 is 0. The third-order valence-electron chi connectivity index (χ3n) is 6.73. The summed E-state index contributed by atoms with van der Waals surface area (Å²) in [4.78, 5) is 34.8. The van der Waals surface area contributed by atoms with Crippen LogP contribution in [0.2, 0.25) is 0 Å². The first-order chi connectivity index (χ1) is 14.2. The minimum absolute atomic E-state index is 0.00976. The molecule has 1 atom stereocenters. The van der Waals surface area contributed by atoms with E-state index < -0.39 is 23.5 Å². The minimum Gasteiger partial charge on any atom is -0.447 e. The highest BCUT2D eigenvalue weighted by Gasteiger charge is 2.55. The monoisotopic (exact) mass is 425 g/mol. The van der Waals surface area contributed by atoms with E-state index in [1.54, 1.807) is 4.90 Å². The number of nitrogens with one attached hydrogen (secondary N) is 1. The topological polar surface area (TPSA) is 87.7 Å². The van der Waals surface area contributed by atoms with E-state index in [0.29, 0.717) is 50.8 Å². The molecule has 0 unspecified atom stereocenters. The number of amides is 3. The first-order valence-electron chi connectivity index (χ1n) is 10.0. The van der Waals surface area contributed by atoms with Crippen LogP contribution >= 0.6 is 0 Å². The lowest BCUT2D eigenvalue weighted by molar-refractivity contribution is -0.141. The molecule has 1 aliphatic carbocycles. The smallest absolute Gasteiger partial charge is 0.434 e. The second kappa shape index (κ2) is 6.45. The average molecular weight is 425 g/mol. The number of nitrogens with zero attached hydrogens (tertiary/aromatic N) is 4. The summed E-state index contributed by atoms with van der Waals surface area (Å²) in [6, 6.07) is -0.00976. The van der Waals surface area contributed by atoms with Crippen molar-refractivity contribution in [1.29, 1.82) is 0 Å². The molecule has 1 N–H and O–H groups in total. The van der Waals surface area contributed by atoms with Crippen LogP contribution in [0, 0.1) is 11.3 Å². The molecule has 162 valence electrons. The summed E-state index contributed by atoms with van der Waals surface area (Å²) in [7, 11) is 0. The largest absolute Gasteiger partial charge is 0.447 e. The van der Waals surface area contributed by atoms with Crippen molar-refractivity contribution in [2.45, 2.75) is 37.4 Å². The molecule has 3 saturated heterocycles. The number of alkyl halides is 3. The Hall–Kier alpha value is -2.59. The van der Waals surface area contributed by atoms with Gasteiger partial charge in [0.25, 0.3) is 0 Å². The highest BCUT2D eigenvalue weighted by Crippen LogP contribution is 2.49. The first kappa shape index (κ1) is 19.4. The van der Waals surface area contributed by atoms with Gasteiger partial charge in [0.2, 0.25) is 0 Å². The van der Waals surface area contributed by atoms with Gasteiger partial charge in [0, 0.05) is 24.7 Å². The number of urea groups is 1. The number of alkyl carbamates (subject to hydrolysis) is 1. The fourth-order valence-corrected chi connectivity index (χ4v) is 5.27. The van der Waals surface area contributed by atoms with Gasteiger partial charge in [-0.05, 0) is 31.6 Å². The second-order valence-electron chi connectivity index (χ2n) is 9.18. The predicted octanol–water partition coefficient (Wildman–Crippen LogP) is 2.05. The summed E-state index contributed by atoms with van der Waals surface area (Å²) in [6.07, 6.45) is 0.626. The zero-order valence-corrected chi connectivity index (χ0v) is 16.2. The molecule has 5 rings (SSSR count). The third kappa shape index (κ3) is 3.33. The van der Waals surface area contributed by atoms with Crippen LogP contribution in [-0.2, 0) is 17.3 Å². The molecule has 0 radical (unpaired) electrons. The number of carbonyl (C=O) groups is 2. The molecule has 4 heterocycles. The first-order valence-corrected chi connectivity index (χ1v) is 10.0. The molecule has 2 spiro atoms. The van der Waals surface area contributed by atoms with E-state index >= 15 is 0 Å². The summed E-state index contributed by atoms with van der Waals surface area (Å²) in [5.41, 5.74) is -0.716. The Labute approximate surface area is 170 Å². The van der Waals surface area contributed by atoms with E-state index in [-0.39, 0.29) is 11.4 Å². The van der Waals surface area contributed by atoms with Crippen molar-refractivity contribution >= 4 is 12.1 Å². The fourth-order valence-electron chi connectivity index (χ4n) is 5.27. The molecule has 11 heteroatoms. The summed E-state index contributed by atoms with van der Waals surface area (Å²) in [5.74, 6) is 0.339. The number of rotatable bonds is 2. The molecule has 1 aromatic rings. The van der Waals surface area contributed by atoms with Crippen LogP contribution in [0.5, 0.6) is 0 Å². The van der Waals surface area contributed by atoms with Crippen molar-refractivity contribution in [1.82, 2.24) is 25.1 Å². The number of aromatic nitrogens is 2. The Bertz CT molecular complexity index is 863. The zero-order valence-electron chi connectivity index (χ0n) is 16.2. The van der Waals surface area contributed by atoms with Crippen LogP contribution in [-0.4, -0.2) is 70.2 Å². The zero-order chi connectivity index (χ0) is 21.1. The number of hydrogen-bond donors (Lipinski definition) is 1. The Morgan fingerprint density at radius 2 is 1.93 bits per heavy atom. The highest BCUT2D eigenvalue weighted by atomic mass is 19.4. The molecular formula is C19H22F3N5O3. The second-order valence-corrected chi connectivity index (χ2v) is 9.18. The van der Waals surface area contributed by atoms with Crippen molar-refractivity contribution in [2.75, 3.05) is 32.8 Å². The van der Waals surface area contributed by atoms with E-state index in [1.165, 1.54) is 6.20 Å². The van der Waals surface area contributed by atoms with Crippen molar-refractivity contribution in [2.24, 2.45) is 11.3 Å². The molecule has 8 nitrogen and oxygen atoms in total. The van der Waals surface area contributed by atoms with Crippen molar-refractivity contribution in [3.63, 3.8) is 0 Å². The minimum atomic E-state index is -4.47. The van der Waals surface area contributed by atoms with Gasteiger partial charge in [-0.2, -0.15) is 13.2 Å². The van der Waals surface area contributed by atoms with E-state index in [1.807, 2.05) is 4.90 Å². The van der Waals surface area contributed by atoms with Gasteiger partial charge in [-0.15, -0.1) is 0 Å². The van der Waals surface area contributed by atoms with E-state index in [4.69, 9.17) is 4.74 Å². The van der Waals surface area contributed by atoms with Gasteiger partial charge < -0.3 is 19.9 Å². The number of carbonyl (C=O) groups excluding carboxylic acids is 2. The van der Waals surface area contributed by atoms with Crippen molar-refractivity contribution in [3.05, 3.63) is 23.8 Å². The molecule has 1 saturated carbocycles. The van der Waals surface area contributed by atoms with Crippen LogP contribution in [0.15, 0.2) is 12.4 Å². The molecule has 3 aliphatic heterocycles. The normalized spacial score (nSPS) is 26.4. The molecule has 30 heavy (non-hydrogen) atoms. The van der Waals surface area contributed by atoms with E-state index in [0.717, 1.165) is 25.5 Å². The van der Waals surface area contributed by atoms with Gasteiger partial charge >= 0.3 is 18.3 Å². The number of hydrogen-bond acceptors (Lipinski definition) is 5. The predicted molar refractivity (Wildman–Crippen MR) is 96.3 cm³/mol. The van der Waals surface area contributed by atoms with E-state index in [2.05, 4.69) is 15.3 Å². The molecule has 0 bridgehead atoms. The van der Waals surface area contributed by atoms with Crippen LogP contribution < -0.4 is 5.32 Å². The number of cyclic esters (lactones) is 1. The Morgan fingerprint density at radius 1 is 1.20 bits per heavy atom. The summed E-state index contributed by atoms with van der Waals surface area (Å²) in [6.45, 7) is 2.64. The maximum atomic E-state index is 12.6. The van der Waals surface area contributed by atoms with Crippen LogP contribution in [0.25, 0.3) is 0 Å². The van der Waals surface area contributed by atoms with Crippen molar-refractivity contribution < 1.29 is 27.5 Å². The quantitative estimate of drug-likeness (QED) is 0.784.